The van der Waals surface area contributed by atoms with Crippen LogP contribution in [0.5, 0.6) is 0 Å². The zero-order valence-electron chi connectivity index (χ0n) is 11.3. The fraction of sp³-hybridized carbons (Fsp3) is 0.846. The Labute approximate surface area is 107 Å². The Morgan fingerprint density at radius 2 is 1.72 bits per heavy atom. The lowest BCUT2D eigenvalue weighted by molar-refractivity contribution is -0.187. The fourth-order valence-corrected chi connectivity index (χ4v) is 2.75. The van der Waals surface area contributed by atoms with Crippen molar-refractivity contribution in [3.05, 3.63) is 12.3 Å². The number of hydrogen-bond acceptors (Lipinski definition) is 5. The Hall–Kier alpha value is -0.620. The number of ether oxygens (including phenoxy) is 5. The number of rotatable bonds is 1. The van der Waals surface area contributed by atoms with Crippen LogP contribution in [0, 0.1) is 0 Å². The molecule has 3 heterocycles. The average Bonchev–Trinajstić information content (AvgIpc) is 2.81. The minimum Gasteiger partial charge on any atom is -0.487 e. The largest absolute Gasteiger partial charge is 0.487 e. The maximum atomic E-state index is 5.89. The van der Waals surface area contributed by atoms with Crippen LogP contribution in [0.1, 0.15) is 27.7 Å². The van der Waals surface area contributed by atoms with Gasteiger partial charge in [-0.05, 0) is 27.7 Å². The summed E-state index contributed by atoms with van der Waals surface area (Å²) in [7, 11) is 0. The molecular formula is C13H20O5. The lowest BCUT2D eigenvalue weighted by Crippen LogP contribution is -2.40. The van der Waals surface area contributed by atoms with Crippen molar-refractivity contribution in [1.29, 1.82) is 0 Å². The van der Waals surface area contributed by atoms with Gasteiger partial charge in [-0.3, -0.25) is 0 Å². The van der Waals surface area contributed by atoms with Crippen molar-refractivity contribution in [2.24, 2.45) is 0 Å². The number of fused-ring (bicyclic) bond motifs is 1. The van der Waals surface area contributed by atoms with E-state index in [1.165, 1.54) is 0 Å². The highest BCUT2D eigenvalue weighted by Crippen LogP contribution is 2.43. The Kier molecular flexibility index (Phi) is 2.55. The maximum Gasteiger partial charge on any atom is 0.164 e. The van der Waals surface area contributed by atoms with E-state index in [2.05, 4.69) is 6.58 Å². The number of hydrogen-bond donors (Lipinski definition) is 0. The van der Waals surface area contributed by atoms with Gasteiger partial charge in [-0.15, -0.1) is 0 Å². The van der Waals surface area contributed by atoms with Crippen LogP contribution < -0.4 is 0 Å². The third-order valence-corrected chi connectivity index (χ3v) is 3.45. The van der Waals surface area contributed by atoms with E-state index in [4.69, 9.17) is 23.7 Å². The average molecular weight is 256 g/mol. The van der Waals surface area contributed by atoms with Gasteiger partial charge in [0, 0.05) is 0 Å². The molecule has 3 saturated heterocycles. The van der Waals surface area contributed by atoms with E-state index in [1.54, 1.807) is 0 Å². The summed E-state index contributed by atoms with van der Waals surface area (Å²) < 4.78 is 28.8. The van der Waals surface area contributed by atoms with Gasteiger partial charge in [-0.25, -0.2) is 0 Å². The molecular weight excluding hydrogens is 236 g/mol. The SMILES string of the molecule is C=C1O[C@H]([C@H]2COC(C)(C)O2)[C@@H]2OC(C)(C)O[C@H]12. The van der Waals surface area contributed by atoms with Crippen LogP contribution in [0.3, 0.4) is 0 Å². The van der Waals surface area contributed by atoms with Crippen LogP contribution >= 0.6 is 0 Å². The van der Waals surface area contributed by atoms with Crippen LogP contribution in [0.25, 0.3) is 0 Å². The molecule has 0 aromatic rings. The molecule has 0 aliphatic carbocycles. The summed E-state index contributed by atoms with van der Waals surface area (Å²) in [6, 6.07) is 0. The molecule has 3 aliphatic rings. The van der Waals surface area contributed by atoms with Gasteiger partial charge >= 0.3 is 0 Å². The Morgan fingerprint density at radius 1 is 1.00 bits per heavy atom. The van der Waals surface area contributed by atoms with E-state index in [9.17, 15) is 0 Å². The molecule has 0 N–H and O–H groups in total. The molecule has 5 heteroatoms. The van der Waals surface area contributed by atoms with Crippen LogP contribution in [-0.2, 0) is 23.7 Å². The monoisotopic (exact) mass is 256 g/mol. The summed E-state index contributed by atoms with van der Waals surface area (Å²) in [6.07, 6.45) is -0.748. The molecule has 0 spiro atoms. The summed E-state index contributed by atoms with van der Waals surface area (Å²) in [6.45, 7) is 12.0. The topological polar surface area (TPSA) is 46.2 Å². The third-order valence-electron chi connectivity index (χ3n) is 3.45. The van der Waals surface area contributed by atoms with Gasteiger partial charge in [-0.1, -0.05) is 6.58 Å². The summed E-state index contributed by atoms with van der Waals surface area (Å²) in [4.78, 5) is 0. The summed E-state index contributed by atoms with van der Waals surface area (Å²) in [5.41, 5.74) is 0. The molecule has 0 aromatic carbocycles. The first-order chi connectivity index (χ1) is 8.27. The first kappa shape index (κ1) is 12.4. The van der Waals surface area contributed by atoms with Crippen molar-refractivity contribution in [2.75, 3.05) is 6.61 Å². The van der Waals surface area contributed by atoms with Crippen LogP contribution in [0.2, 0.25) is 0 Å². The molecule has 18 heavy (non-hydrogen) atoms. The lowest BCUT2D eigenvalue weighted by Gasteiger charge is -2.25. The summed E-state index contributed by atoms with van der Waals surface area (Å²) >= 11 is 0. The van der Waals surface area contributed by atoms with Crippen LogP contribution in [0.4, 0.5) is 0 Å². The van der Waals surface area contributed by atoms with E-state index in [1.807, 2.05) is 27.7 Å². The Balaban J connectivity index is 1.77. The van der Waals surface area contributed by atoms with E-state index < -0.39 is 11.6 Å². The van der Waals surface area contributed by atoms with Crippen LogP contribution in [-0.4, -0.2) is 42.6 Å². The smallest absolute Gasteiger partial charge is 0.164 e. The molecule has 3 aliphatic heterocycles. The lowest BCUT2D eigenvalue weighted by atomic mass is 10.1. The van der Waals surface area contributed by atoms with Gasteiger partial charge in [0.2, 0.25) is 0 Å². The molecule has 0 unspecified atom stereocenters. The normalized spacial score (nSPS) is 45.0. The van der Waals surface area contributed by atoms with E-state index in [0.717, 1.165) is 0 Å². The van der Waals surface area contributed by atoms with Gasteiger partial charge in [0.15, 0.2) is 17.7 Å². The van der Waals surface area contributed by atoms with E-state index in [0.29, 0.717) is 12.4 Å². The quantitative estimate of drug-likeness (QED) is 0.712. The first-order valence-electron chi connectivity index (χ1n) is 6.30. The minimum absolute atomic E-state index is 0.149. The van der Waals surface area contributed by atoms with E-state index in [-0.39, 0.29) is 24.4 Å². The predicted octanol–water partition coefficient (Wildman–Crippen LogP) is 1.57. The summed E-state index contributed by atoms with van der Waals surface area (Å²) in [5, 5.41) is 0. The second-order valence-corrected chi connectivity index (χ2v) is 5.94. The molecule has 0 amide bonds. The second kappa shape index (κ2) is 3.70. The van der Waals surface area contributed by atoms with Gasteiger partial charge in [0.05, 0.1) is 6.61 Å². The molecule has 102 valence electrons. The zero-order chi connectivity index (χ0) is 13.1. The van der Waals surface area contributed by atoms with Crippen molar-refractivity contribution in [3.8, 4) is 0 Å². The fourth-order valence-electron chi connectivity index (χ4n) is 2.75. The van der Waals surface area contributed by atoms with Crippen molar-refractivity contribution in [2.45, 2.75) is 63.7 Å². The molecule has 3 rings (SSSR count). The summed E-state index contributed by atoms with van der Waals surface area (Å²) in [5.74, 6) is -0.554. The van der Waals surface area contributed by atoms with Crippen molar-refractivity contribution in [3.63, 3.8) is 0 Å². The van der Waals surface area contributed by atoms with E-state index >= 15 is 0 Å². The molecule has 0 radical (unpaired) electrons. The first-order valence-corrected chi connectivity index (χ1v) is 6.30. The van der Waals surface area contributed by atoms with Crippen LogP contribution in [0.15, 0.2) is 12.3 Å². The van der Waals surface area contributed by atoms with Gasteiger partial charge in [0.25, 0.3) is 0 Å². The van der Waals surface area contributed by atoms with Crippen molar-refractivity contribution in [1.82, 2.24) is 0 Å². The van der Waals surface area contributed by atoms with Gasteiger partial charge in [0.1, 0.15) is 24.1 Å². The van der Waals surface area contributed by atoms with Crippen molar-refractivity contribution >= 4 is 0 Å². The molecule has 5 nitrogen and oxygen atoms in total. The standard InChI is InChI=1S/C13H20O5/c1-7-9-11(18-13(4,5)17-9)10(15-7)8-6-14-12(2,3)16-8/h8-11H,1,6H2,2-5H3/t8-,9-,10-,11-/m1/s1. The predicted molar refractivity (Wildman–Crippen MR) is 62.7 cm³/mol. The highest BCUT2D eigenvalue weighted by Gasteiger charge is 2.57. The highest BCUT2D eigenvalue weighted by molar-refractivity contribution is 5.12. The Morgan fingerprint density at radius 3 is 2.33 bits per heavy atom. The highest BCUT2D eigenvalue weighted by atomic mass is 16.8. The Bertz CT molecular complexity index is 376. The molecule has 0 aromatic heterocycles. The maximum absolute atomic E-state index is 5.89. The van der Waals surface area contributed by atoms with Gasteiger partial charge < -0.3 is 23.7 Å². The molecule has 3 fully saturated rings. The molecule has 4 atom stereocenters. The second-order valence-electron chi connectivity index (χ2n) is 5.94. The van der Waals surface area contributed by atoms with Gasteiger partial charge in [-0.2, -0.15) is 0 Å². The van der Waals surface area contributed by atoms with Crippen molar-refractivity contribution < 1.29 is 23.7 Å². The zero-order valence-corrected chi connectivity index (χ0v) is 11.3. The third kappa shape index (κ3) is 1.95. The minimum atomic E-state index is -0.602. The molecule has 0 saturated carbocycles. The molecule has 0 bridgehead atoms.